The number of nitrogens with zero attached hydrogens (tertiary/aromatic N) is 2. The van der Waals surface area contributed by atoms with E-state index in [1.165, 1.54) is 0 Å². The summed E-state index contributed by atoms with van der Waals surface area (Å²) in [7, 11) is 5.81. The van der Waals surface area contributed by atoms with Crippen LogP contribution in [0.4, 0.5) is 5.69 Å². The molecular weight excluding hydrogens is 250 g/mol. The topological polar surface area (TPSA) is 49.6 Å². The number of anilines is 1. The molecule has 112 valence electrons. The molecule has 1 aromatic rings. The maximum Gasteiger partial charge on any atom is 0.240 e. The normalized spacial score (nSPS) is 12.9. The van der Waals surface area contributed by atoms with E-state index in [9.17, 15) is 4.79 Å². The van der Waals surface area contributed by atoms with E-state index in [-0.39, 0.29) is 11.3 Å². The molecule has 1 aromatic carbocycles. The summed E-state index contributed by atoms with van der Waals surface area (Å²) in [6.45, 7) is 6.52. The minimum Gasteiger partial charge on any atom is -0.378 e. The lowest BCUT2D eigenvalue weighted by Crippen LogP contribution is -2.48. The molecule has 0 saturated carbocycles. The van der Waals surface area contributed by atoms with Crippen molar-refractivity contribution in [3.8, 4) is 0 Å². The molecule has 2 N–H and O–H groups in total. The number of hydrogen-bond donors (Lipinski definition) is 1. The zero-order valence-electron chi connectivity index (χ0n) is 13.5. The van der Waals surface area contributed by atoms with E-state index in [4.69, 9.17) is 5.73 Å². The van der Waals surface area contributed by atoms with Crippen molar-refractivity contribution in [3.05, 3.63) is 29.8 Å². The predicted octanol–water partition coefficient (Wildman–Crippen LogP) is 2.08. The van der Waals surface area contributed by atoms with Gasteiger partial charge in [-0.25, -0.2) is 0 Å². The highest BCUT2D eigenvalue weighted by atomic mass is 16.2. The van der Waals surface area contributed by atoms with Gasteiger partial charge in [-0.1, -0.05) is 32.9 Å². The maximum absolute atomic E-state index is 12.3. The third kappa shape index (κ3) is 4.23. The van der Waals surface area contributed by atoms with Crippen LogP contribution >= 0.6 is 0 Å². The van der Waals surface area contributed by atoms with Gasteiger partial charge in [0, 0.05) is 33.4 Å². The molecule has 4 heteroatoms. The van der Waals surface area contributed by atoms with E-state index in [0.717, 1.165) is 11.3 Å². The Labute approximate surface area is 122 Å². The molecule has 0 heterocycles. The van der Waals surface area contributed by atoms with Crippen LogP contribution in [-0.2, 0) is 11.3 Å². The van der Waals surface area contributed by atoms with E-state index in [0.29, 0.717) is 6.54 Å². The van der Waals surface area contributed by atoms with E-state index in [1.807, 2.05) is 51.9 Å². The Morgan fingerprint density at radius 1 is 1.15 bits per heavy atom. The van der Waals surface area contributed by atoms with Gasteiger partial charge >= 0.3 is 0 Å². The summed E-state index contributed by atoms with van der Waals surface area (Å²) >= 11 is 0. The van der Waals surface area contributed by atoms with E-state index in [1.54, 1.807) is 11.9 Å². The number of amides is 1. The Balaban J connectivity index is 2.71. The molecule has 1 rings (SSSR count). The van der Waals surface area contributed by atoms with Gasteiger partial charge in [-0.3, -0.25) is 4.79 Å². The number of carbonyl (C=O) groups is 1. The van der Waals surface area contributed by atoms with Crippen LogP contribution < -0.4 is 10.6 Å². The lowest BCUT2D eigenvalue weighted by atomic mass is 9.86. The van der Waals surface area contributed by atoms with Crippen molar-refractivity contribution in [2.75, 3.05) is 26.0 Å². The second kappa shape index (κ2) is 6.27. The van der Waals surface area contributed by atoms with Crippen LogP contribution in [0.25, 0.3) is 0 Å². The largest absolute Gasteiger partial charge is 0.378 e. The molecule has 4 nitrogen and oxygen atoms in total. The van der Waals surface area contributed by atoms with Gasteiger partial charge in [0.05, 0.1) is 6.04 Å². The highest BCUT2D eigenvalue weighted by molar-refractivity contribution is 5.82. The smallest absolute Gasteiger partial charge is 0.240 e. The molecule has 0 aliphatic carbocycles. The van der Waals surface area contributed by atoms with E-state index >= 15 is 0 Å². The van der Waals surface area contributed by atoms with Crippen LogP contribution in [0.1, 0.15) is 26.3 Å². The summed E-state index contributed by atoms with van der Waals surface area (Å²) in [5.41, 5.74) is 8.04. The first-order valence-corrected chi connectivity index (χ1v) is 6.89. The van der Waals surface area contributed by atoms with Crippen LogP contribution in [0.2, 0.25) is 0 Å². The molecule has 0 aromatic heterocycles. The average Bonchev–Trinajstić information content (AvgIpc) is 2.36. The van der Waals surface area contributed by atoms with Crippen molar-refractivity contribution >= 4 is 11.6 Å². The maximum atomic E-state index is 12.3. The monoisotopic (exact) mass is 277 g/mol. The van der Waals surface area contributed by atoms with Crippen LogP contribution in [0.15, 0.2) is 24.3 Å². The summed E-state index contributed by atoms with van der Waals surface area (Å²) in [4.78, 5) is 16.0. The Hall–Kier alpha value is -1.55. The van der Waals surface area contributed by atoms with Crippen LogP contribution in [0.3, 0.4) is 0 Å². The fraction of sp³-hybridized carbons (Fsp3) is 0.562. The summed E-state index contributed by atoms with van der Waals surface area (Å²) < 4.78 is 0. The number of likely N-dealkylation sites (N-methyl/N-ethyl adjacent to an activating group) is 1. The van der Waals surface area contributed by atoms with E-state index < -0.39 is 6.04 Å². The zero-order valence-corrected chi connectivity index (χ0v) is 13.5. The van der Waals surface area contributed by atoms with Crippen LogP contribution in [0.5, 0.6) is 0 Å². The van der Waals surface area contributed by atoms with Crippen LogP contribution in [-0.4, -0.2) is 38.0 Å². The SMILES string of the molecule is CN(Cc1ccc(N(C)C)cc1)C(=O)[C@H](N)C(C)(C)C. The van der Waals surface area contributed by atoms with Crippen molar-refractivity contribution in [1.29, 1.82) is 0 Å². The molecular formula is C16H27N3O. The average molecular weight is 277 g/mol. The number of rotatable bonds is 4. The summed E-state index contributed by atoms with van der Waals surface area (Å²) in [5, 5.41) is 0. The van der Waals surface area contributed by atoms with Crippen molar-refractivity contribution in [2.24, 2.45) is 11.1 Å². The van der Waals surface area contributed by atoms with Crippen molar-refractivity contribution in [2.45, 2.75) is 33.4 Å². The first-order valence-electron chi connectivity index (χ1n) is 6.89. The molecule has 1 amide bonds. The van der Waals surface area contributed by atoms with Gasteiger partial charge < -0.3 is 15.5 Å². The molecule has 0 bridgehead atoms. The fourth-order valence-electron chi connectivity index (χ4n) is 1.86. The van der Waals surface area contributed by atoms with Gasteiger partial charge in [-0.2, -0.15) is 0 Å². The quantitative estimate of drug-likeness (QED) is 0.916. The fourth-order valence-corrected chi connectivity index (χ4v) is 1.86. The Kier molecular flexibility index (Phi) is 5.17. The van der Waals surface area contributed by atoms with Gasteiger partial charge in [0.2, 0.25) is 5.91 Å². The Bertz CT molecular complexity index is 446. The van der Waals surface area contributed by atoms with Crippen molar-refractivity contribution in [3.63, 3.8) is 0 Å². The molecule has 1 atom stereocenters. The first-order chi connectivity index (χ1) is 9.12. The van der Waals surface area contributed by atoms with Crippen molar-refractivity contribution in [1.82, 2.24) is 4.90 Å². The van der Waals surface area contributed by atoms with Gasteiger partial charge in [0.15, 0.2) is 0 Å². The molecule has 0 aliphatic rings. The second-order valence-corrected chi connectivity index (χ2v) is 6.60. The minimum absolute atomic E-state index is 0.0193. The molecule has 0 saturated heterocycles. The van der Waals surface area contributed by atoms with Gasteiger partial charge in [0.1, 0.15) is 0 Å². The molecule has 0 radical (unpaired) electrons. The summed E-state index contributed by atoms with van der Waals surface area (Å²) in [5.74, 6) is -0.0193. The number of nitrogens with two attached hydrogens (primary N) is 1. The number of carbonyl (C=O) groups excluding carboxylic acids is 1. The lowest BCUT2D eigenvalue weighted by molar-refractivity contribution is -0.134. The highest BCUT2D eigenvalue weighted by Gasteiger charge is 2.29. The predicted molar refractivity (Wildman–Crippen MR) is 84.7 cm³/mol. The van der Waals surface area contributed by atoms with Crippen molar-refractivity contribution < 1.29 is 4.79 Å². The van der Waals surface area contributed by atoms with Crippen LogP contribution in [0, 0.1) is 5.41 Å². The summed E-state index contributed by atoms with van der Waals surface area (Å²) in [6.07, 6.45) is 0. The third-order valence-corrected chi connectivity index (χ3v) is 3.45. The van der Waals surface area contributed by atoms with Gasteiger partial charge in [0.25, 0.3) is 0 Å². The Morgan fingerprint density at radius 2 is 1.65 bits per heavy atom. The molecule has 0 aliphatic heterocycles. The molecule has 0 unspecified atom stereocenters. The standard InChI is InChI=1S/C16H27N3O/c1-16(2,3)14(17)15(20)19(6)11-12-7-9-13(10-8-12)18(4)5/h7-10,14H,11,17H2,1-6H3/t14-/m0/s1. The van der Waals surface area contributed by atoms with E-state index in [2.05, 4.69) is 12.1 Å². The molecule has 0 spiro atoms. The minimum atomic E-state index is -0.478. The molecule has 20 heavy (non-hydrogen) atoms. The summed E-state index contributed by atoms with van der Waals surface area (Å²) in [6, 6.07) is 7.71. The zero-order chi connectivity index (χ0) is 15.5. The molecule has 0 fully saturated rings. The van der Waals surface area contributed by atoms with Gasteiger partial charge in [-0.15, -0.1) is 0 Å². The third-order valence-electron chi connectivity index (χ3n) is 3.45. The first kappa shape index (κ1) is 16.5. The Morgan fingerprint density at radius 3 is 2.05 bits per heavy atom. The highest BCUT2D eigenvalue weighted by Crippen LogP contribution is 2.20. The van der Waals surface area contributed by atoms with Gasteiger partial charge in [-0.05, 0) is 23.1 Å². The second-order valence-electron chi connectivity index (χ2n) is 6.60. The number of benzene rings is 1. The number of hydrogen-bond acceptors (Lipinski definition) is 3. The lowest BCUT2D eigenvalue weighted by Gasteiger charge is -2.30.